The average Bonchev–Trinajstić information content (AvgIpc) is 2.09. The van der Waals surface area contributed by atoms with Crippen LogP contribution in [0.15, 0.2) is 0 Å². The molecular weight excluding hydrogens is 160 g/mol. The highest BCUT2D eigenvalue weighted by Gasteiger charge is 2.52. The number of Topliss-reactive ketones (excluding diaryl/α,β-unsaturated/α-hetero) is 1. The van der Waals surface area contributed by atoms with Crippen molar-refractivity contribution in [1.82, 2.24) is 0 Å². The zero-order chi connectivity index (χ0) is 9.53. The summed E-state index contributed by atoms with van der Waals surface area (Å²) in [6.07, 6.45) is 8.25. The molecule has 2 rings (SSSR count). The second kappa shape index (κ2) is 2.83. The minimum absolute atomic E-state index is 0.0313. The molecule has 2 unspecified atom stereocenters. The van der Waals surface area contributed by atoms with E-state index in [0.717, 1.165) is 19.3 Å². The van der Waals surface area contributed by atoms with Gasteiger partial charge in [0, 0.05) is 11.8 Å². The van der Waals surface area contributed by atoms with Crippen molar-refractivity contribution in [3.8, 4) is 0 Å². The first-order chi connectivity index (χ1) is 6.08. The lowest BCUT2D eigenvalue weighted by molar-refractivity contribution is -0.144. The second-order valence-electron chi connectivity index (χ2n) is 5.38. The molecule has 0 aliphatic heterocycles. The molecule has 0 bridgehead atoms. The maximum Gasteiger partial charge on any atom is 0.139 e. The van der Waals surface area contributed by atoms with Crippen molar-refractivity contribution >= 4 is 5.78 Å². The van der Waals surface area contributed by atoms with Gasteiger partial charge in [0.05, 0.1) is 0 Å². The number of ketones is 1. The Labute approximate surface area is 80.9 Å². The zero-order valence-corrected chi connectivity index (χ0v) is 8.86. The van der Waals surface area contributed by atoms with Gasteiger partial charge in [0.2, 0.25) is 0 Å². The molecule has 1 nitrogen and oxygen atoms in total. The molecule has 1 heteroatoms. The molecule has 2 aliphatic carbocycles. The summed E-state index contributed by atoms with van der Waals surface area (Å²) in [6.45, 7) is 4.55. The van der Waals surface area contributed by atoms with Gasteiger partial charge in [-0.25, -0.2) is 0 Å². The van der Waals surface area contributed by atoms with E-state index in [-0.39, 0.29) is 5.41 Å². The Balaban J connectivity index is 2.32. The molecule has 0 radical (unpaired) electrons. The third-order valence-corrected chi connectivity index (χ3v) is 4.74. The largest absolute Gasteiger partial charge is 0.299 e. The van der Waals surface area contributed by atoms with Crippen LogP contribution in [0.25, 0.3) is 0 Å². The van der Waals surface area contributed by atoms with Crippen molar-refractivity contribution < 1.29 is 4.79 Å². The Kier molecular flexibility index (Phi) is 2.01. The minimum atomic E-state index is 0.0313. The molecule has 13 heavy (non-hydrogen) atoms. The molecule has 74 valence electrons. The van der Waals surface area contributed by atoms with E-state index >= 15 is 0 Å². The monoisotopic (exact) mass is 180 g/mol. The number of carbonyl (C=O) groups is 1. The number of carbonyl (C=O) groups excluding carboxylic acids is 1. The van der Waals surface area contributed by atoms with Gasteiger partial charge in [-0.3, -0.25) is 4.79 Å². The highest BCUT2D eigenvalue weighted by atomic mass is 16.1. The summed E-state index contributed by atoms with van der Waals surface area (Å²) in [4.78, 5) is 12.0. The van der Waals surface area contributed by atoms with Crippen LogP contribution in [0.2, 0.25) is 0 Å². The van der Waals surface area contributed by atoms with Gasteiger partial charge in [0.15, 0.2) is 0 Å². The standard InChI is InChI=1S/C12H20O/c1-11-7-3-4-9-12(11,2)10(13)6-5-8-11/h3-9H2,1-2H3. The first kappa shape index (κ1) is 9.23. The van der Waals surface area contributed by atoms with Gasteiger partial charge in [-0.1, -0.05) is 26.7 Å². The first-order valence-electron chi connectivity index (χ1n) is 5.62. The van der Waals surface area contributed by atoms with E-state index in [1.165, 1.54) is 25.7 Å². The van der Waals surface area contributed by atoms with Crippen molar-refractivity contribution in [3.63, 3.8) is 0 Å². The van der Waals surface area contributed by atoms with E-state index in [1.807, 2.05) is 0 Å². The van der Waals surface area contributed by atoms with Crippen molar-refractivity contribution in [2.24, 2.45) is 10.8 Å². The number of rotatable bonds is 0. The van der Waals surface area contributed by atoms with Crippen molar-refractivity contribution in [3.05, 3.63) is 0 Å². The molecule has 0 amide bonds. The smallest absolute Gasteiger partial charge is 0.139 e. The average molecular weight is 180 g/mol. The van der Waals surface area contributed by atoms with Crippen LogP contribution in [0, 0.1) is 10.8 Å². The van der Waals surface area contributed by atoms with E-state index in [4.69, 9.17) is 0 Å². The lowest BCUT2D eigenvalue weighted by Gasteiger charge is -2.52. The third kappa shape index (κ3) is 1.16. The molecule has 0 aromatic rings. The second-order valence-corrected chi connectivity index (χ2v) is 5.38. The molecular formula is C12H20O. The summed E-state index contributed by atoms with van der Waals surface area (Å²) in [6, 6.07) is 0. The number of hydrogen-bond acceptors (Lipinski definition) is 1. The van der Waals surface area contributed by atoms with Gasteiger partial charge in [-0.15, -0.1) is 0 Å². The molecule has 0 spiro atoms. The van der Waals surface area contributed by atoms with Crippen LogP contribution in [-0.2, 0) is 4.79 Å². The quantitative estimate of drug-likeness (QED) is 0.559. The molecule has 0 N–H and O–H groups in total. The molecule has 2 saturated carbocycles. The maximum atomic E-state index is 12.0. The van der Waals surface area contributed by atoms with Crippen LogP contribution in [0.4, 0.5) is 0 Å². The molecule has 2 atom stereocenters. The van der Waals surface area contributed by atoms with Crippen LogP contribution < -0.4 is 0 Å². The van der Waals surface area contributed by atoms with Gasteiger partial charge in [-0.05, 0) is 31.1 Å². The lowest BCUT2D eigenvalue weighted by Crippen LogP contribution is -2.48. The van der Waals surface area contributed by atoms with E-state index in [2.05, 4.69) is 13.8 Å². The molecule has 2 aliphatic rings. The molecule has 0 aromatic heterocycles. The molecule has 0 saturated heterocycles. The van der Waals surface area contributed by atoms with Crippen molar-refractivity contribution in [2.75, 3.05) is 0 Å². The summed E-state index contributed by atoms with van der Waals surface area (Å²) < 4.78 is 0. The van der Waals surface area contributed by atoms with E-state index in [1.54, 1.807) is 0 Å². The summed E-state index contributed by atoms with van der Waals surface area (Å²) in [7, 11) is 0. The normalized spacial score (nSPS) is 45.8. The predicted octanol–water partition coefficient (Wildman–Crippen LogP) is 3.33. The SMILES string of the molecule is CC12CCCCC1(C)C(=O)CCC2. The van der Waals surface area contributed by atoms with Gasteiger partial charge in [-0.2, -0.15) is 0 Å². The van der Waals surface area contributed by atoms with Gasteiger partial charge >= 0.3 is 0 Å². The van der Waals surface area contributed by atoms with E-state index in [9.17, 15) is 4.79 Å². The van der Waals surface area contributed by atoms with Gasteiger partial charge < -0.3 is 0 Å². The van der Waals surface area contributed by atoms with Gasteiger partial charge in [0.1, 0.15) is 5.78 Å². The van der Waals surface area contributed by atoms with Crippen LogP contribution in [0.1, 0.15) is 58.8 Å². The van der Waals surface area contributed by atoms with Crippen LogP contribution in [-0.4, -0.2) is 5.78 Å². The fourth-order valence-electron chi connectivity index (χ4n) is 3.36. The molecule has 0 heterocycles. The van der Waals surface area contributed by atoms with Crippen molar-refractivity contribution in [2.45, 2.75) is 58.8 Å². The van der Waals surface area contributed by atoms with Crippen LogP contribution >= 0.6 is 0 Å². The zero-order valence-electron chi connectivity index (χ0n) is 8.86. The third-order valence-electron chi connectivity index (χ3n) is 4.74. The first-order valence-corrected chi connectivity index (χ1v) is 5.62. The van der Waals surface area contributed by atoms with Crippen molar-refractivity contribution in [1.29, 1.82) is 0 Å². The Morgan fingerprint density at radius 3 is 2.31 bits per heavy atom. The highest BCUT2D eigenvalue weighted by Crippen LogP contribution is 2.56. The fourth-order valence-corrected chi connectivity index (χ4v) is 3.36. The summed E-state index contributed by atoms with van der Waals surface area (Å²) >= 11 is 0. The minimum Gasteiger partial charge on any atom is -0.299 e. The Morgan fingerprint density at radius 1 is 1.00 bits per heavy atom. The number of hydrogen-bond donors (Lipinski definition) is 0. The van der Waals surface area contributed by atoms with Crippen LogP contribution in [0.5, 0.6) is 0 Å². The van der Waals surface area contributed by atoms with E-state index in [0.29, 0.717) is 11.2 Å². The summed E-state index contributed by atoms with van der Waals surface area (Å²) in [5.41, 5.74) is 0.365. The lowest BCUT2D eigenvalue weighted by atomic mass is 9.51. The Hall–Kier alpha value is -0.330. The maximum absolute atomic E-state index is 12.0. The predicted molar refractivity (Wildman–Crippen MR) is 53.5 cm³/mol. The van der Waals surface area contributed by atoms with E-state index < -0.39 is 0 Å². The molecule has 0 aromatic carbocycles. The Morgan fingerprint density at radius 2 is 1.62 bits per heavy atom. The fraction of sp³-hybridized carbons (Fsp3) is 0.917. The van der Waals surface area contributed by atoms with Crippen LogP contribution in [0.3, 0.4) is 0 Å². The number of fused-ring (bicyclic) bond motifs is 1. The summed E-state index contributed by atoms with van der Waals surface area (Å²) in [5.74, 6) is 0.543. The highest BCUT2D eigenvalue weighted by molar-refractivity contribution is 5.86. The molecule has 2 fully saturated rings. The Bertz CT molecular complexity index is 229. The topological polar surface area (TPSA) is 17.1 Å². The van der Waals surface area contributed by atoms with Gasteiger partial charge in [0.25, 0.3) is 0 Å². The summed E-state index contributed by atoms with van der Waals surface area (Å²) in [5, 5.41) is 0.